The third kappa shape index (κ3) is 5.11. The van der Waals surface area contributed by atoms with E-state index in [-0.39, 0.29) is 39.0 Å². The van der Waals surface area contributed by atoms with E-state index in [1.807, 2.05) is 0 Å². The number of benzene rings is 2. The maximum absolute atomic E-state index is 13.2. The van der Waals surface area contributed by atoms with Crippen LogP contribution in [0.2, 0.25) is 5.02 Å². The number of carbonyl (C=O) groups is 1. The molecule has 0 amide bonds. The zero-order valence-corrected chi connectivity index (χ0v) is 19.1. The summed E-state index contributed by atoms with van der Waals surface area (Å²) < 4.78 is 80.5. The summed E-state index contributed by atoms with van der Waals surface area (Å²) >= 11 is 6.15. The van der Waals surface area contributed by atoms with Crippen molar-refractivity contribution in [2.45, 2.75) is 25.8 Å². The number of halogens is 7. The molecule has 0 bridgehead atoms. The molecule has 0 unspecified atom stereocenters. The number of pyridine rings is 1. The molecule has 0 fully saturated rings. The molecule has 2 aromatic carbocycles. The maximum atomic E-state index is 13.2. The van der Waals surface area contributed by atoms with Gasteiger partial charge in [-0.3, -0.25) is 9.78 Å². The minimum Gasteiger partial charge on any atom is -0.289 e. The van der Waals surface area contributed by atoms with E-state index in [9.17, 15) is 31.1 Å². The highest BCUT2D eigenvalue weighted by atomic mass is 35.5. The van der Waals surface area contributed by atoms with Crippen molar-refractivity contribution in [3.8, 4) is 11.3 Å². The van der Waals surface area contributed by atoms with Crippen molar-refractivity contribution < 1.29 is 31.1 Å². The van der Waals surface area contributed by atoms with Crippen molar-refractivity contribution in [1.29, 1.82) is 0 Å². The van der Waals surface area contributed by atoms with E-state index < -0.39 is 35.8 Å². The summed E-state index contributed by atoms with van der Waals surface area (Å²) in [5.41, 5.74) is -1.90. The molecule has 0 saturated carbocycles. The predicted octanol–water partition coefficient (Wildman–Crippen LogP) is 6.62. The fourth-order valence-corrected chi connectivity index (χ4v) is 3.84. The number of alkyl halides is 6. The second kappa shape index (κ2) is 9.38. The van der Waals surface area contributed by atoms with Crippen LogP contribution in [0.5, 0.6) is 0 Å². The fourth-order valence-electron chi connectivity index (χ4n) is 3.61. The van der Waals surface area contributed by atoms with Gasteiger partial charge in [0.25, 0.3) is 0 Å². The van der Waals surface area contributed by atoms with Crippen molar-refractivity contribution in [2.24, 2.45) is 0 Å². The molecule has 36 heavy (non-hydrogen) atoms. The number of rotatable bonds is 5. The van der Waals surface area contributed by atoms with Crippen LogP contribution >= 0.6 is 11.6 Å². The van der Waals surface area contributed by atoms with Gasteiger partial charge in [0.15, 0.2) is 5.78 Å². The first-order valence-electron chi connectivity index (χ1n) is 10.3. The van der Waals surface area contributed by atoms with Crippen LogP contribution in [0.3, 0.4) is 0 Å². The summed E-state index contributed by atoms with van der Waals surface area (Å²) in [7, 11) is 0. The summed E-state index contributed by atoms with van der Waals surface area (Å²) in [6.45, 7) is 1.12. The Morgan fingerprint density at radius 2 is 1.58 bits per heavy atom. The van der Waals surface area contributed by atoms with Crippen LogP contribution in [-0.4, -0.2) is 25.8 Å². The molecular formula is C24H15ClF6N4O. The molecule has 0 aliphatic rings. The van der Waals surface area contributed by atoms with E-state index in [1.165, 1.54) is 25.4 Å². The van der Waals surface area contributed by atoms with Gasteiger partial charge in [-0.2, -0.15) is 26.3 Å². The SMILES string of the molecule is Cc1c(-c2cnccc2C(=O)c2ccccc2Cl)nnn1Cc1cc(C(F)(F)F)cc(C(F)(F)F)c1. The van der Waals surface area contributed by atoms with E-state index >= 15 is 0 Å². The Morgan fingerprint density at radius 3 is 2.19 bits per heavy atom. The predicted molar refractivity (Wildman–Crippen MR) is 118 cm³/mol. The van der Waals surface area contributed by atoms with Gasteiger partial charge in [-0.15, -0.1) is 5.10 Å². The molecule has 0 N–H and O–H groups in total. The Hall–Kier alpha value is -3.73. The molecule has 12 heteroatoms. The van der Waals surface area contributed by atoms with E-state index in [2.05, 4.69) is 15.3 Å². The van der Waals surface area contributed by atoms with Gasteiger partial charge in [0, 0.05) is 29.1 Å². The molecule has 186 valence electrons. The summed E-state index contributed by atoms with van der Waals surface area (Å²) in [6, 6.07) is 9.20. The second-order valence-corrected chi connectivity index (χ2v) is 8.23. The molecule has 0 aliphatic carbocycles. The summed E-state index contributed by atoms with van der Waals surface area (Å²) in [5, 5.41) is 8.16. The first-order chi connectivity index (χ1) is 16.9. The Morgan fingerprint density at radius 1 is 0.944 bits per heavy atom. The Labute approximate surface area is 205 Å². The lowest BCUT2D eigenvalue weighted by atomic mass is 9.97. The van der Waals surface area contributed by atoms with Gasteiger partial charge in [0.1, 0.15) is 5.69 Å². The Balaban J connectivity index is 1.74. The van der Waals surface area contributed by atoms with Gasteiger partial charge in [0.2, 0.25) is 0 Å². The van der Waals surface area contributed by atoms with Crippen LogP contribution in [0.15, 0.2) is 60.9 Å². The zero-order valence-electron chi connectivity index (χ0n) is 18.3. The van der Waals surface area contributed by atoms with E-state index in [0.29, 0.717) is 17.8 Å². The molecule has 0 radical (unpaired) electrons. The largest absolute Gasteiger partial charge is 0.416 e. The quantitative estimate of drug-likeness (QED) is 0.217. The van der Waals surface area contributed by atoms with Gasteiger partial charge in [-0.25, -0.2) is 4.68 Å². The van der Waals surface area contributed by atoms with Crippen molar-refractivity contribution in [3.05, 3.63) is 99.5 Å². The van der Waals surface area contributed by atoms with Crippen molar-refractivity contribution >= 4 is 17.4 Å². The normalized spacial score (nSPS) is 12.1. The average molecular weight is 525 g/mol. The van der Waals surface area contributed by atoms with Crippen molar-refractivity contribution in [2.75, 3.05) is 0 Å². The van der Waals surface area contributed by atoms with Crippen molar-refractivity contribution in [3.63, 3.8) is 0 Å². The fraction of sp³-hybridized carbons (Fsp3) is 0.167. The van der Waals surface area contributed by atoms with Gasteiger partial charge >= 0.3 is 12.4 Å². The zero-order chi connectivity index (χ0) is 26.3. The Bertz CT molecular complexity index is 1410. The lowest BCUT2D eigenvalue weighted by molar-refractivity contribution is -0.143. The number of hydrogen-bond acceptors (Lipinski definition) is 4. The number of ketones is 1. The van der Waals surface area contributed by atoms with Gasteiger partial charge < -0.3 is 0 Å². The lowest BCUT2D eigenvalue weighted by Crippen LogP contribution is -2.13. The van der Waals surface area contributed by atoms with Gasteiger partial charge in [-0.05, 0) is 48.9 Å². The molecule has 4 aromatic rings. The van der Waals surface area contributed by atoms with Gasteiger partial charge in [-0.1, -0.05) is 28.9 Å². The molecule has 0 aliphatic heterocycles. The highest BCUT2D eigenvalue weighted by Crippen LogP contribution is 2.37. The number of hydrogen-bond donors (Lipinski definition) is 0. The molecule has 5 nitrogen and oxygen atoms in total. The van der Waals surface area contributed by atoms with Crippen LogP contribution in [0.25, 0.3) is 11.3 Å². The van der Waals surface area contributed by atoms with E-state index in [4.69, 9.17) is 11.6 Å². The molecule has 0 atom stereocenters. The van der Waals surface area contributed by atoms with Gasteiger partial charge in [0.05, 0.1) is 28.4 Å². The maximum Gasteiger partial charge on any atom is 0.416 e. The molecule has 4 rings (SSSR count). The van der Waals surface area contributed by atoms with Crippen LogP contribution in [0.4, 0.5) is 26.3 Å². The molecular weight excluding hydrogens is 510 g/mol. The average Bonchev–Trinajstić information content (AvgIpc) is 3.17. The van der Waals surface area contributed by atoms with Crippen LogP contribution in [0, 0.1) is 6.92 Å². The highest BCUT2D eigenvalue weighted by molar-refractivity contribution is 6.35. The summed E-state index contributed by atoms with van der Waals surface area (Å²) in [4.78, 5) is 17.2. The van der Waals surface area contributed by atoms with E-state index in [0.717, 1.165) is 4.68 Å². The summed E-state index contributed by atoms with van der Waals surface area (Å²) in [6.07, 6.45) is -7.17. The van der Waals surface area contributed by atoms with Crippen LogP contribution < -0.4 is 0 Å². The first-order valence-corrected chi connectivity index (χ1v) is 10.7. The van der Waals surface area contributed by atoms with E-state index in [1.54, 1.807) is 24.3 Å². The number of aromatic nitrogens is 4. The highest BCUT2D eigenvalue weighted by Gasteiger charge is 2.37. The van der Waals surface area contributed by atoms with Crippen LogP contribution in [0.1, 0.15) is 38.3 Å². The third-order valence-corrected chi connectivity index (χ3v) is 5.73. The topological polar surface area (TPSA) is 60.7 Å². The minimum atomic E-state index is -4.97. The first kappa shape index (κ1) is 25.4. The minimum absolute atomic E-state index is 0.0609. The van der Waals surface area contributed by atoms with Crippen molar-refractivity contribution in [1.82, 2.24) is 20.0 Å². The molecule has 0 spiro atoms. The standard InChI is InChI=1S/C24H15ClF6N4O/c1-13-21(19-11-32-7-6-17(19)22(36)18-4-2-3-5-20(18)25)33-34-35(13)12-14-8-15(23(26,27)28)10-16(9-14)24(29,30)31/h2-11H,12H2,1H3. The smallest absolute Gasteiger partial charge is 0.289 e. The molecule has 2 aromatic heterocycles. The second-order valence-electron chi connectivity index (χ2n) is 7.83. The molecule has 0 saturated heterocycles. The molecule has 2 heterocycles. The number of nitrogens with zero attached hydrogens (tertiary/aromatic N) is 4. The summed E-state index contributed by atoms with van der Waals surface area (Å²) in [5.74, 6) is -0.417. The number of carbonyl (C=O) groups excluding carboxylic acids is 1. The van der Waals surface area contributed by atoms with Crippen LogP contribution in [-0.2, 0) is 18.9 Å². The third-order valence-electron chi connectivity index (χ3n) is 5.40. The monoisotopic (exact) mass is 524 g/mol. The lowest BCUT2D eigenvalue weighted by Gasteiger charge is -2.14. The Kier molecular flexibility index (Phi) is 6.61.